The third-order valence-electron chi connectivity index (χ3n) is 2.51. The first-order chi connectivity index (χ1) is 8.27. The molecule has 0 saturated heterocycles. The number of ether oxygens (including phenoxy) is 2. The van der Waals surface area contributed by atoms with Gasteiger partial charge >= 0.3 is 0 Å². The lowest BCUT2D eigenvalue weighted by Crippen LogP contribution is -2.27. The van der Waals surface area contributed by atoms with E-state index < -0.39 is 0 Å². The average molecular weight is 237 g/mol. The van der Waals surface area contributed by atoms with Gasteiger partial charge in [-0.25, -0.2) is 0 Å². The van der Waals surface area contributed by atoms with E-state index in [-0.39, 0.29) is 0 Å². The Hall–Kier alpha value is -1.22. The zero-order valence-corrected chi connectivity index (χ0v) is 11.0. The van der Waals surface area contributed by atoms with E-state index in [2.05, 4.69) is 19.2 Å². The minimum atomic E-state index is 0.485. The Kier molecular flexibility index (Phi) is 6.48. The highest BCUT2D eigenvalue weighted by Crippen LogP contribution is 2.26. The first-order valence-electron chi connectivity index (χ1n) is 6.35. The van der Waals surface area contributed by atoms with Crippen molar-refractivity contribution in [2.75, 3.05) is 19.8 Å². The lowest BCUT2D eigenvalue weighted by Gasteiger charge is -2.14. The minimum absolute atomic E-state index is 0.485. The first kappa shape index (κ1) is 13.8. The summed E-state index contributed by atoms with van der Waals surface area (Å²) in [7, 11) is 0. The van der Waals surface area contributed by atoms with Crippen LogP contribution in [0.3, 0.4) is 0 Å². The van der Waals surface area contributed by atoms with Crippen LogP contribution in [0.1, 0.15) is 27.2 Å². The van der Waals surface area contributed by atoms with Gasteiger partial charge < -0.3 is 14.8 Å². The lowest BCUT2D eigenvalue weighted by atomic mass is 10.2. The molecule has 0 saturated carbocycles. The number of rotatable bonds is 8. The molecular weight excluding hydrogens is 214 g/mol. The van der Waals surface area contributed by atoms with Crippen LogP contribution in [0.2, 0.25) is 0 Å². The molecule has 3 heteroatoms. The highest BCUT2D eigenvalue weighted by Gasteiger charge is 2.04. The second kappa shape index (κ2) is 7.96. The van der Waals surface area contributed by atoms with Crippen molar-refractivity contribution in [3.8, 4) is 11.5 Å². The van der Waals surface area contributed by atoms with E-state index in [9.17, 15) is 0 Å². The van der Waals surface area contributed by atoms with Gasteiger partial charge in [-0.3, -0.25) is 0 Å². The molecule has 1 atom stereocenters. The maximum Gasteiger partial charge on any atom is 0.161 e. The molecule has 0 heterocycles. The van der Waals surface area contributed by atoms with Crippen LogP contribution in [-0.2, 0) is 0 Å². The SMILES string of the molecule is CCNC(C)CCOc1ccccc1OCC. The third kappa shape index (κ3) is 5.09. The molecule has 0 radical (unpaired) electrons. The van der Waals surface area contributed by atoms with Crippen LogP contribution >= 0.6 is 0 Å². The van der Waals surface area contributed by atoms with Crippen molar-refractivity contribution in [1.82, 2.24) is 5.32 Å². The standard InChI is InChI=1S/C14H23NO2/c1-4-15-12(3)10-11-17-14-9-7-6-8-13(14)16-5-2/h6-9,12,15H,4-5,10-11H2,1-3H3. The summed E-state index contributed by atoms with van der Waals surface area (Å²) in [5, 5.41) is 3.36. The number of benzene rings is 1. The van der Waals surface area contributed by atoms with Crippen LogP contribution in [0.25, 0.3) is 0 Å². The molecule has 0 aliphatic carbocycles. The predicted octanol–water partition coefficient (Wildman–Crippen LogP) is 2.85. The van der Waals surface area contributed by atoms with Gasteiger partial charge in [-0.2, -0.15) is 0 Å². The summed E-state index contributed by atoms with van der Waals surface area (Å²) in [5.74, 6) is 1.66. The molecule has 1 aromatic carbocycles. The second-order valence-electron chi connectivity index (χ2n) is 3.98. The van der Waals surface area contributed by atoms with Crippen LogP contribution in [-0.4, -0.2) is 25.8 Å². The zero-order chi connectivity index (χ0) is 12.5. The van der Waals surface area contributed by atoms with Gasteiger partial charge in [0.1, 0.15) is 0 Å². The monoisotopic (exact) mass is 237 g/mol. The Morgan fingerprint density at radius 1 is 1.12 bits per heavy atom. The van der Waals surface area contributed by atoms with Gasteiger partial charge in [-0.05, 0) is 38.9 Å². The molecule has 17 heavy (non-hydrogen) atoms. The van der Waals surface area contributed by atoms with E-state index in [1.807, 2.05) is 31.2 Å². The van der Waals surface area contributed by atoms with E-state index in [1.54, 1.807) is 0 Å². The van der Waals surface area contributed by atoms with E-state index in [0.717, 1.165) is 24.5 Å². The average Bonchev–Trinajstić information content (AvgIpc) is 2.32. The van der Waals surface area contributed by atoms with Crippen molar-refractivity contribution >= 4 is 0 Å². The van der Waals surface area contributed by atoms with Crippen molar-refractivity contribution in [3.05, 3.63) is 24.3 Å². The second-order valence-corrected chi connectivity index (χ2v) is 3.98. The van der Waals surface area contributed by atoms with Crippen LogP contribution in [0, 0.1) is 0 Å². The van der Waals surface area contributed by atoms with Crippen molar-refractivity contribution in [1.29, 1.82) is 0 Å². The molecule has 0 spiro atoms. The molecule has 0 amide bonds. The van der Waals surface area contributed by atoms with Gasteiger partial charge in [0.15, 0.2) is 11.5 Å². The van der Waals surface area contributed by atoms with Crippen molar-refractivity contribution in [2.24, 2.45) is 0 Å². The van der Waals surface area contributed by atoms with Crippen LogP contribution in [0.15, 0.2) is 24.3 Å². The van der Waals surface area contributed by atoms with Crippen molar-refractivity contribution in [3.63, 3.8) is 0 Å². The minimum Gasteiger partial charge on any atom is -0.490 e. The van der Waals surface area contributed by atoms with Crippen LogP contribution in [0.5, 0.6) is 11.5 Å². The summed E-state index contributed by atoms with van der Waals surface area (Å²) >= 11 is 0. The fourth-order valence-electron chi connectivity index (χ4n) is 1.64. The zero-order valence-electron chi connectivity index (χ0n) is 11.0. The number of hydrogen-bond acceptors (Lipinski definition) is 3. The molecule has 0 fully saturated rings. The normalized spacial score (nSPS) is 12.2. The maximum atomic E-state index is 5.74. The smallest absolute Gasteiger partial charge is 0.161 e. The number of hydrogen-bond donors (Lipinski definition) is 1. The molecular formula is C14H23NO2. The number of para-hydroxylation sites is 2. The van der Waals surface area contributed by atoms with Gasteiger partial charge in [-0.1, -0.05) is 19.1 Å². The molecule has 3 nitrogen and oxygen atoms in total. The molecule has 0 aliphatic rings. The summed E-state index contributed by atoms with van der Waals surface area (Å²) in [5.41, 5.74) is 0. The molecule has 1 unspecified atom stereocenters. The van der Waals surface area contributed by atoms with Crippen LogP contribution < -0.4 is 14.8 Å². The predicted molar refractivity (Wildman–Crippen MR) is 70.9 cm³/mol. The van der Waals surface area contributed by atoms with E-state index in [0.29, 0.717) is 19.3 Å². The topological polar surface area (TPSA) is 30.5 Å². The lowest BCUT2D eigenvalue weighted by molar-refractivity contribution is 0.263. The molecule has 1 N–H and O–H groups in total. The number of nitrogens with one attached hydrogen (secondary N) is 1. The Morgan fingerprint density at radius 2 is 1.76 bits per heavy atom. The molecule has 96 valence electrons. The Morgan fingerprint density at radius 3 is 2.35 bits per heavy atom. The largest absolute Gasteiger partial charge is 0.490 e. The highest BCUT2D eigenvalue weighted by molar-refractivity contribution is 5.39. The molecule has 0 aromatic heterocycles. The maximum absolute atomic E-state index is 5.74. The van der Waals surface area contributed by atoms with Gasteiger partial charge in [0.2, 0.25) is 0 Å². The Bertz CT molecular complexity index is 315. The highest BCUT2D eigenvalue weighted by atomic mass is 16.5. The summed E-state index contributed by atoms with van der Waals surface area (Å²) in [4.78, 5) is 0. The third-order valence-corrected chi connectivity index (χ3v) is 2.51. The summed E-state index contributed by atoms with van der Waals surface area (Å²) < 4.78 is 11.2. The Labute approximate surface area is 104 Å². The van der Waals surface area contributed by atoms with E-state index in [4.69, 9.17) is 9.47 Å². The molecule has 1 rings (SSSR count). The summed E-state index contributed by atoms with van der Waals surface area (Å²) in [6.07, 6.45) is 0.994. The van der Waals surface area contributed by atoms with Gasteiger partial charge in [0.05, 0.1) is 13.2 Å². The van der Waals surface area contributed by atoms with Crippen molar-refractivity contribution < 1.29 is 9.47 Å². The van der Waals surface area contributed by atoms with Gasteiger partial charge in [0, 0.05) is 6.04 Å². The fourth-order valence-corrected chi connectivity index (χ4v) is 1.64. The summed E-state index contributed by atoms with van der Waals surface area (Å²) in [6.45, 7) is 8.62. The van der Waals surface area contributed by atoms with Crippen molar-refractivity contribution in [2.45, 2.75) is 33.2 Å². The quantitative estimate of drug-likeness (QED) is 0.754. The summed E-state index contributed by atoms with van der Waals surface area (Å²) in [6, 6.07) is 8.29. The van der Waals surface area contributed by atoms with Gasteiger partial charge in [0.25, 0.3) is 0 Å². The van der Waals surface area contributed by atoms with Gasteiger partial charge in [-0.15, -0.1) is 0 Å². The Balaban J connectivity index is 2.40. The molecule has 0 aliphatic heterocycles. The van der Waals surface area contributed by atoms with E-state index in [1.165, 1.54) is 0 Å². The van der Waals surface area contributed by atoms with Crippen LogP contribution in [0.4, 0.5) is 0 Å². The van der Waals surface area contributed by atoms with E-state index >= 15 is 0 Å². The first-order valence-corrected chi connectivity index (χ1v) is 6.35. The molecule has 1 aromatic rings. The fraction of sp³-hybridized carbons (Fsp3) is 0.571. The molecule has 0 bridgehead atoms.